The predicted octanol–water partition coefficient (Wildman–Crippen LogP) is 3.65. The first-order valence-corrected chi connectivity index (χ1v) is 11.2. The molecule has 6 nitrogen and oxygen atoms in total. The number of hydrogen-bond donors (Lipinski definition) is 1. The van der Waals surface area contributed by atoms with Gasteiger partial charge in [-0.05, 0) is 42.7 Å². The molecule has 0 spiro atoms. The van der Waals surface area contributed by atoms with Crippen molar-refractivity contribution in [2.45, 2.75) is 24.2 Å². The molecule has 2 aromatic rings. The lowest BCUT2D eigenvalue weighted by Gasteiger charge is -2.31. The van der Waals surface area contributed by atoms with Crippen LogP contribution in [-0.2, 0) is 21.2 Å². The smallest absolute Gasteiger partial charge is 0.242 e. The number of carbonyl (C=O) groups excluding carboxylic acids is 1. The zero-order valence-electron chi connectivity index (χ0n) is 16.6. The van der Waals surface area contributed by atoms with Gasteiger partial charge in [-0.3, -0.25) is 4.79 Å². The van der Waals surface area contributed by atoms with Gasteiger partial charge in [0.2, 0.25) is 15.9 Å². The van der Waals surface area contributed by atoms with Crippen LogP contribution in [0.15, 0.2) is 35.2 Å². The average Bonchev–Trinajstić information content (AvgIpc) is 2.67. The Morgan fingerprint density at radius 2 is 1.97 bits per heavy atom. The summed E-state index contributed by atoms with van der Waals surface area (Å²) >= 11 is 6.10. The molecule has 3 rings (SSSR count). The van der Waals surface area contributed by atoms with E-state index < -0.39 is 27.6 Å². The summed E-state index contributed by atoms with van der Waals surface area (Å²) in [6, 6.07) is 6.22. The van der Waals surface area contributed by atoms with Crippen molar-refractivity contribution in [1.29, 1.82) is 0 Å². The average molecular weight is 458 g/mol. The summed E-state index contributed by atoms with van der Waals surface area (Å²) in [6.45, 7) is 0.787. The van der Waals surface area contributed by atoms with Crippen LogP contribution in [0.3, 0.4) is 0 Å². The van der Waals surface area contributed by atoms with Crippen LogP contribution in [0.1, 0.15) is 18.4 Å². The van der Waals surface area contributed by atoms with Gasteiger partial charge in [0, 0.05) is 39.7 Å². The molecular formula is C20H22ClF2N3O3S. The number of halogens is 3. The van der Waals surface area contributed by atoms with Crippen molar-refractivity contribution < 1.29 is 22.0 Å². The molecule has 0 unspecified atom stereocenters. The van der Waals surface area contributed by atoms with Gasteiger partial charge in [0.05, 0.1) is 21.3 Å². The van der Waals surface area contributed by atoms with E-state index in [0.29, 0.717) is 24.2 Å². The highest BCUT2D eigenvalue weighted by atomic mass is 35.5. The molecule has 30 heavy (non-hydrogen) atoms. The summed E-state index contributed by atoms with van der Waals surface area (Å²) in [6.07, 6.45) is 1.33. The fourth-order valence-electron chi connectivity index (χ4n) is 3.38. The summed E-state index contributed by atoms with van der Waals surface area (Å²) in [5, 5.41) is 2.81. The molecule has 2 aromatic carbocycles. The predicted molar refractivity (Wildman–Crippen MR) is 112 cm³/mol. The monoisotopic (exact) mass is 457 g/mol. The van der Waals surface area contributed by atoms with Gasteiger partial charge >= 0.3 is 0 Å². The summed E-state index contributed by atoms with van der Waals surface area (Å²) in [4.78, 5) is 14.2. The molecule has 0 aliphatic carbocycles. The van der Waals surface area contributed by atoms with Crippen LogP contribution < -0.4 is 10.2 Å². The molecule has 0 fully saturated rings. The molecule has 0 aromatic heterocycles. The molecule has 0 bridgehead atoms. The van der Waals surface area contributed by atoms with Gasteiger partial charge < -0.3 is 10.2 Å². The Balaban J connectivity index is 1.71. The largest absolute Gasteiger partial charge is 0.368 e. The molecule has 1 N–H and O–H groups in total. The molecule has 10 heteroatoms. The second-order valence-electron chi connectivity index (χ2n) is 7.21. The normalized spacial score (nSPS) is 14.0. The van der Waals surface area contributed by atoms with Crippen molar-refractivity contribution in [3.63, 3.8) is 0 Å². The minimum absolute atomic E-state index is 0.00116. The second-order valence-corrected chi connectivity index (χ2v) is 9.77. The topological polar surface area (TPSA) is 69.7 Å². The Morgan fingerprint density at radius 3 is 2.67 bits per heavy atom. The highest BCUT2D eigenvalue weighted by molar-refractivity contribution is 7.89. The zero-order chi connectivity index (χ0) is 22.1. The van der Waals surface area contributed by atoms with E-state index in [2.05, 4.69) is 5.32 Å². The number of sulfonamides is 1. The molecular weight excluding hydrogens is 436 g/mol. The Bertz CT molecular complexity index is 1080. The van der Waals surface area contributed by atoms with E-state index in [1.165, 1.54) is 38.4 Å². The molecule has 1 amide bonds. The number of benzene rings is 2. The molecule has 1 aliphatic rings. The van der Waals surface area contributed by atoms with Crippen molar-refractivity contribution in [2.24, 2.45) is 0 Å². The van der Waals surface area contributed by atoms with Crippen molar-refractivity contribution in [3.8, 4) is 0 Å². The molecule has 162 valence electrons. The first-order chi connectivity index (χ1) is 14.1. The zero-order valence-corrected chi connectivity index (χ0v) is 18.2. The van der Waals surface area contributed by atoms with Crippen molar-refractivity contribution in [2.75, 3.05) is 37.4 Å². The van der Waals surface area contributed by atoms with E-state index in [1.54, 1.807) is 4.90 Å². The summed E-state index contributed by atoms with van der Waals surface area (Å²) in [5.41, 5.74) is 1.09. The van der Waals surface area contributed by atoms with Crippen molar-refractivity contribution in [1.82, 2.24) is 4.31 Å². The third-order valence-electron chi connectivity index (χ3n) is 4.90. The SMILES string of the molecule is CN(C)S(=O)(=O)c1ccc(Cl)c(NC(=O)CCN2CCCc3cc(F)cc(F)c32)c1. The number of rotatable bonds is 6. The van der Waals surface area contributed by atoms with Crippen LogP contribution in [-0.4, -0.2) is 45.8 Å². The third kappa shape index (κ3) is 4.74. The first-order valence-electron chi connectivity index (χ1n) is 9.34. The van der Waals surface area contributed by atoms with Gasteiger partial charge in [-0.15, -0.1) is 0 Å². The quantitative estimate of drug-likeness (QED) is 0.718. The molecule has 0 atom stereocenters. The van der Waals surface area contributed by atoms with Gasteiger partial charge in [-0.25, -0.2) is 21.5 Å². The van der Waals surface area contributed by atoms with Gasteiger partial charge in [0.1, 0.15) is 11.6 Å². The lowest BCUT2D eigenvalue weighted by Crippen LogP contribution is -2.33. The first kappa shape index (κ1) is 22.5. The van der Waals surface area contributed by atoms with E-state index in [1.807, 2.05) is 0 Å². The molecule has 0 radical (unpaired) electrons. The standard InChI is InChI=1S/C20H22ClF2N3O3S/c1-25(2)30(28,29)15-5-6-16(21)18(12-15)24-19(27)7-9-26-8-3-4-13-10-14(22)11-17(23)20(13)26/h5-6,10-12H,3-4,7-9H2,1-2H3,(H,24,27). The van der Waals surface area contributed by atoms with Crippen LogP contribution in [0.5, 0.6) is 0 Å². The Hall–Kier alpha value is -2.23. The number of fused-ring (bicyclic) bond motifs is 1. The van der Waals surface area contributed by atoms with Crippen molar-refractivity contribution >= 4 is 38.9 Å². The Kier molecular flexibility index (Phi) is 6.64. The molecule has 0 saturated carbocycles. The Morgan fingerprint density at radius 1 is 1.23 bits per heavy atom. The van der Waals surface area contributed by atoms with E-state index in [4.69, 9.17) is 11.6 Å². The lowest BCUT2D eigenvalue weighted by molar-refractivity contribution is -0.116. The molecule has 1 aliphatic heterocycles. The van der Waals surface area contributed by atoms with Crippen LogP contribution in [0.4, 0.5) is 20.2 Å². The van der Waals surface area contributed by atoms with Gasteiger partial charge in [0.25, 0.3) is 0 Å². The molecule has 0 saturated heterocycles. The number of nitrogens with one attached hydrogen (secondary N) is 1. The van der Waals surface area contributed by atoms with Crippen molar-refractivity contribution in [3.05, 3.63) is 52.6 Å². The third-order valence-corrected chi connectivity index (χ3v) is 7.04. The van der Waals surface area contributed by atoms with E-state index in [9.17, 15) is 22.0 Å². The maximum absolute atomic E-state index is 14.3. The summed E-state index contributed by atoms with van der Waals surface area (Å²) in [7, 11) is -0.867. The minimum Gasteiger partial charge on any atom is -0.368 e. The molecule has 1 heterocycles. The highest BCUT2D eigenvalue weighted by Crippen LogP contribution is 2.31. The Labute approximate surface area is 179 Å². The minimum atomic E-state index is -3.68. The second kappa shape index (κ2) is 8.87. The number of nitrogens with zero attached hydrogens (tertiary/aromatic N) is 2. The highest BCUT2D eigenvalue weighted by Gasteiger charge is 2.23. The number of amides is 1. The fraction of sp³-hybridized carbons (Fsp3) is 0.350. The number of anilines is 2. The number of carbonyl (C=O) groups is 1. The van der Waals surface area contributed by atoms with Crippen LogP contribution >= 0.6 is 11.6 Å². The fourth-order valence-corrected chi connectivity index (χ4v) is 4.47. The maximum atomic E-state index is 14.3. The van der Waals surface area contributed by atoms with Gasteiger partial charge in [-0.2, -0.15) is 0 Å². The van der Waals surface area contributed by atoms with Gasteiger partial charge in [-0.1, -0.05) is 11.6 Å². The summed E-state index contributed by atoms with van der Waals surface area (Å²) < 4.78 is 53.4. The van der Waals surface area contributed by atoms with E-state index >= 15 is 0 Å². The van der Waals surface area contributed by atoms with E-state index in [0.717, 1.165) is 16.8 Å². The van der Waals surface area contributed by atoms with Crippen LogP contribution in [0, 0.1) is 11.6 Å². The lowest BCUT2D eigenvalue weighted by atomic mass is 10.0. The van der Waals surface area contributed by atoms with E-state index in [-0.39, 0.29) is 28.6 Å². The number of aryl methyl sites for hydroxylation is 1. The van der Waals surface area contributed by atoms with Gasteiger partial charge in [0.15, 0.2) is 0 Å². The number of hydrogen-bond acceptors (Lipinski definition) is 4. The maximum Gasteiger partial charge on any atom is 0.242 e. The summed E-state index contributed by atoms with van der Waals surface area (Å²) in [5.74, 6) is -1.66. The van der Waals surface area contributed by atoms with Crippen LogP contribution in [0.25, 0.3) is 0 Å². The van der Waals surface area contributed by atoms with Crippen LogP contribution in [0.2, 0.25) is 5.02 Å².